The number of piperidine rings is 1. The average molecular weight is 547 g/mol. The summed E-state index contributed by atoms with van der Waals surface area (Å²) in [6, 6.07) is 4.07. The smallest absolute Gasteiger partial charge is 0.248 e. The van der Waals surface area contributed by atoms with Crippen molar-refractivity contribution in [2.24, 2.45) is 5.92 Å². The van der Waals surface area contributed by atoms with E-state index in [0.29, 0.717) is 18.0 Å². The number of nitrogens with zero attached hydrogens (tertiary/aromatic N) is 3. The van der Waals surface area contributed by atoms with Gasteiger partial charge in [0.05, 0.1) is 21.5 Å². The first-order chi connectivity index (χ1) is 16.8. The van der Waals surface area contributed by atoms with Gasteiger partial charge in [-0.25, -0.2) is 8.42 Å². The summed E-state index contributed by atoms with van der Waals surface area (Å²) < 4.78 is 33.8. The molecule has 1 aliphatic carbocycles. The molecule has 4 rings (SSSR count). The Bertz CT molecular complexity index is 963. The lowest BCUT2D eigenvalue weighted by atomic mass is 9.89. The lowest BCUT2D eigenvalue weighted by molar-refractivity contribution is -0.138. The molecule has 7 nitrogen and oxygen atoms in total. The molecule has 3 fully saturated rings. The molecule has 3 aliphatic rings. The molecule has 1 unspecified atom stereocenters. The van der Waals surface area contributed by atoms with Crippen molar-refractivity contribution in [1.29, 1.82) is 0 Å². The standard InChI is InChI=1S/C25H37Cl2N3O4S/c26-23-10-9-22(16-24(23)27)35(32,33)30-11-5-4-8-21(30)18-34-19-25(31)29-14-12-28(13-15-29)17-20-6-2-1-3-7-20/h9-10,16,20-21H,1-8,11-15,17-19H2. The number of piperazine rings is 1. The molecule has 0 aromatic heterocycles. The second kappa shape index (κ2) is 12.6. The van der Waals surface area contributed by atoms with Gasteiger partial charge in [-0.1, -0.05) is 48.9 Å². The van der Waals surface area contributed by atoms with Crippen molar-refractivity contribution in [3.8, 4) is 0 Å². The maximum atomic E-state index is 13.3. The average Bonchev–Trinajstić information content (AvgIpc) is 2.87. The van der Waals surface area contributed by atoms with E-state index in [2.05, 4.69) is 4.90 Å². The third kappa shape index (κ3) is 7.11. The number of rotatable bonds is 8. The summed E-state index contributed by atoms with van der Waals surface area (Å²) in [5.74, 6) is 0.796. The maximum Gasteiger partial charge on any atom is 0.248 e. The summed E-state index contributed by atoms with van der Waals surface area (Å²) in [5.41, 5.74) is 0. The van der Waals surface area contributed by atoms with Crippen LogP contribution in [0.4, 0.5) is 0 Å². The second-order valence-corrected chi connectivity index (χ2v) is 12.7. The number of ether oxygens (including phenoxy) is 1. The molecule has 1 saturated carbocycles. The zero-order chi connectivity index (χ0) is 24.8. The molecule has 196 valence electrons. The van der Waals surface area contributed by atoms with Crippen LogP contribution >= 0.6 is 23.2 Å². The van der Waals surface area contributed by atoms with Crippen LogP contribution in [-0.2, 0) is 19.6 Å². The highest BCUT2D eigenvalue weighted by molar-refractivity contribution is 7.89. The van der Waals surface area contributed by atoms with Crippen LogP contribution < -0.4 is 0 Å². The van der Waals surface area contributed by atoms with E-state index in [-0.39, 0.29) is 35.1 Å². The monoisotopic (exact) mass is 545 g/mol. The molecule has 10 heteroatoms. The van der Waals surface area contributed by atoms with Crippen molar-refractivity contribution in [3.05, 3.63) is 28.2 Å². The summed E-state index contributed by atoms with van der Waals surface area (Å²) in [6.45, 7) is 5.07. The van der Waals surface area contributed by atoms with E-state index >= 15 is 0 Å². The van der Waals surface area contributed by atoms with Gasteiger partial charge in [0.25, 0.3) is 0 Å². The number of halogens is 2. The van der Waals surface area contributed by atoms with Crippen LogP contribution in [0.2, 0.25) is 10.0 Å². The van der Waals surface area contributed by atoms with Crippen LogP contribution in [0.15, 0.2) is 23.1 Å². The molecule has 1 amide bonds. The molecule has 2 aliphatic heterocycles. The lowest BCUT2D eigenvalue weighted by Gasteiger charge is -2.37. The van der Waals surface area contributed by atoms with Crippen molar-refractivity contribution in [2.45, 2.75) is 62.3 Å². The predicted octanol–water partition coefficient (Wildman–Crippen LogP) is 4.28. The minimum absolute atomic E-state index is 0.0141. The molecule has 0 radical (unpaired) electrons. The van der Waals surface area contributed by atoms with Gasteiger partial charge in [-0.05, 0) is 49.8 Å². The predicted molar refractivity (Wildman–Crippen MR) is 138 cm³/mol. The van der Waals surface area contributed by atoms with Crippen LogP contribution in [0.25, 0.3) is 0 Å². The molecule has 0 bridgehead atoms. The number of carbonyl (C=O) groups excluding carboxylic acids is 1. The number of hydrogen-bond acceptors (Lipinski definition) is 5. The first-order valence-corrected chi connectivity index (χ1v) is 15.1. The lowest BCUT2D eigenvalue weighted by Crippen LogP contribution is -2.51. The van der Waals surface area contributed by atoms with Crippen LogP contribution in [0, 0.1) is 5.92 Å². The Morgan fingerprint density at radius 2 is 1.63 bits per heavy atom. The van der Waals surface area contributed by atoms with E-state index in [9.17, 15) is 13.2 Å². The fraction of sp³-hybridized carbons (Fsp3) is 0.720. The Kier molecular flexibility index (Phi) is 9.74. The van der Waals surface area contributed by atoms with E-state index in [1.54, 1.807) is 0 Å². The molecule has 0 spiro atoms. The van der Waals surface area contributed by atoms with Gasteiger partial charge in [0.15, 0.2) is 0 Å². The number of hydrogen-bond donors (Lipinski definition) is 0. The normalized spacial score (nSPS) is 23.5. The summed E-state index contributed by atoms with van der Waals surface area (Å²) in [6.07, 6.45) is 9.19. The van der Waals surface area contributed by atoms with Gasteiger partial charge in [0.1, 0.15) is 6.61 Å². The fourth-order valence-corrected chi connectivity index (χ4v) is 7.59. The third-order valence-corrected chi connectivity index (χ3v) is 10.3. The highest BCUT2D eigenvalue weighted by atomic mass is 35.5. The van der Waals surface area contributed by atoms with Crippen LogP contribution in [0.1, 0.15) is 51.4 Å². The van der Waals surface area contributed by atoms with Gasteiger partial charge in [0, 0.05) is 45.3 Å². The zero-order valence-corrected chi connectivity index (χ0v) is 22.7. The summed E-state index contributed by atoms with van der Waals surface area (Å²) in [4.78, 5) is 17.2. The Labute approximate surface area is 219 Å². The van der Waals surface area contributed by atoms with E-state index in [0.717, 1.165) is 51.5 Å². The zero-order valence-electron chi connectivity index (χ0n) is 20.3. The van der Waals surface area contributed by atoms with Crippen molar-refractivity contribution >= 4 is 39.1 Å². The molecular formula is C25H37Cl2N3O4S. The minimum atomic E-state index is -3.73. The minimum Gasteiger partial charge on any atom is -0.370 e. The van der Waals surface area contributed by atoms with Crippen molar-refractivity contribution in [3.63, 3.8) is 0 Å². The van der Waals surface area contributed by atoms with Crippen LogP contribution in [0.3, 0.4) is 0 Å². The number of carbonyl (C=O) groups is 1. The van der Waals surface area contributed by atoms with E-state index in [1.165, 1.54) is 54.6 Å². The van der Waals surface area contributed by atoms with Crippen LogP contribution in [-0.4, -0.2) is 87.0 Å². The van der Waals surface area contributed by atoms with Gasteiger partial charge >= 0.3 is 0 Å². The van der Waals surface area contributed by atoms with E-state index in [4.69, 9.17) is 27.9 Å². The molecule has 1 atom stereocenters. The second-order valence-electron chi connectivity index (χ2n) is 10.0. The number of benzene rings is 1. The molecule has 2 saturated heterocycles. The molecule has 1 aromatic carbocycles. The molecule has 0 N–H and O–H groups in total. The Morgan fingerprint density at radius 3 is 2.34 bits per heavy atom. The Morgan fingerprint density at radius 1 is 0.914 bits per heavy atom. The van der Waals surface area contributed by atoms with Gasteiger partial charge in [-0.3, -0.25) is 9.69 Å². The Hall–Kier alpha value is -0.900. The Balaban J connectivity index is 1.24. The highest BCUT2D eigenvalue weighted by Crippen LogP contribution is 2.30. The highest BCUT2D eigenvalue weighted by Gasteiger charge is 2.34. The fourth-order valence-electron chi connectivity index (χ4n) is 5.52. The third-order valence-electron chi connectivity index (χ3n) is 7.57. The first-order valence-electron chi connectivity index (χ1n) is 12.9. The van der Waals surface area contributed by atoms with Gasteiger partial charge in [-0.15, -0.1) is 0 Å². The van der Waals surface area contributed by atoms with Crippen molar-refractivity contribution < 1.29 is 17.9 Å². The van der Waals surface area contributed by atoms with Gasteiger partial charge in [-0.2, -0.15) is 4.31 Å². The van der Waals surface area contributed by atoms with Gasteiger partial charge < -0.3 is 9.64 Å². The largest absolute Gasteiger partial charge is 0.370 e. The molecule has 1 aromatic rings. The summed E-state index contributed by atoms with van der Waals surface area (Å²) in [7, 11) is -3.73. The van der Waals surface area contributed by atoms with Crippen molar-refractivity contribution in [2.75, 3.05) is 52.5 Å². The summed E-state index contributed by atoms with van der Waals surface area (Å²) >= 11 is 12.0. The molecular weight excluding hydrogens is 509 g/mol. The number of amides is 1. The van der Waals surface area contributed by atoms with Crippen molar-refractivity contribution in [1.82, 2.24) is 14.1 Å². The SMILES string of the molecule is O=C(COCC1CCCCN1S(=O)(=O)c1ccc(Cl)c(Cl)c1)N1CCN(CC2CCCCC2)CC1. The molecule has 2 heterocycles. The van der Waals surface area contributed by atoms with E-state index in [1.807, 2.05) is 4.90 Å². The summed E-state index contributed by atoms with van der Waals surface area (Å²) in [5, 5.41) is 0.527. The first kappa shape index (κ1) is 27.1. The molecule has 35 heavy (non-hydrogen) atoms. The quantitative estimate of drug-likeness (QED) is 0.487. The van der Waals surface area contributed by atoms with Crippen LogP contribution in [0.5, 0.6) is 0 Å². The number of sulfonamides is 1. The van der Waals surface area contributed by atoms with E-state index < -0.39 is 10.0 Å². The van der Waals surface area contributed by atoms with Gasteiger partial charge in [0.2, 0.25) is 15.9 Å². The maximum absolute atomic E-state index is 13.3. The topological polar surface area (TPSA) is 70.2 Å².